The zero-order valence-electron chi connectivity index (χ0n) is 9.63. The first-order valence-electron chi connectivity index (χ1n) is 5.61. The molecular formula is C13H18BrNO. The third-order valence-electron chi connectivity index (χ3n) is 2.49. The predicted octanol–water partition coefficient (Wildman–Crippen LogP) is 2.83. The van der Waals surface area contributed by atoms with E-state index in [1.54, 1.807) is 0 Å². The first-order valence-corrected chi connectivity index (χ1v) is 6.73. The van der Waals surface area contributed by atoms with Crippen LogP contribution in [0.1, 0.15) is 24.0 Å². The van der Waals surface area contributed by atoms with E-state index in [4.69, 9.17) is 0 Å². The molecule has 0 saturated carbocycles. The Morgan fingerprint density at radius 1 is 1.31 bits per heavy atom. The van der Waals surface area contributed by atoms with Gasteiger partial charge in [0.2, 0.25) is 5.91 Å². The summed E-state index contributed by atoms with van der Waals surface area (Å²) in [5, 5.41) is 3.93. The maximum absolute atomic E-state index is 11.6. The maximum atomic E-state index is 11.6. The van der Waals surface area contributed by atoms with Gasteiger partial charge in [0.15, 0.2) is 0 Å². The summed E-state index contributed by atoms with van der Waals surface area (Å²) in [7, 11) is 0. The van der Waals surface area contributed by atoms with Crippen LogP contribution >= 0.6 is 15.9 Å². The van der Waals surface area contributed by atoms with E-state index in [2.05, 4.69) is 21.2 Å². The number of hydrogen-bond donors (Lipinski definition) is 1. The van der Waals surface area contributed by atoms with Gasteiger partial charge in [-0.25, -0.2) is 0 Å². The molecule has 0 spiro atoms. The van der Waals surface area contributed by atoms with Crippen molar-refractivity contribution in [3.63, 3.8) is 0 Å². The van der Waals surface area contributed by atoms with Crippen molar-refractivity contribution >= 4 is 21.8 Å². The van der Waals surface area contributed by atoms with Crippen molar-refractivity contribution in [2.75, 3.05) is 11.9 Å². The fourth-order valence-corrected chi connectivity index (χ4v) is 1.89. The van der Waals surface area contributed by atoms with Gasteiger partial charge in [-0.15, -0.1) is 0 Å². The quantitative estimate of drug-likeness (QED) is 0.631. The Kier molecular flexibility index (Phi) is 6.16. The number of amides is 1. The molecule has 0 saturated heterocycles. The van der Waals surface area contributed by atoms with Crippen LogP contribution in [-0.4, -0.2) is 17.8 Å². The Balaban J connectivity index is 2.32. The molecule has 0 aromatic heterocycles. The Morgan fingerprint density at radius 3 is 2.75 bits per heavy atom. The van der Waals surface area contributed by atoms with Crippen LogP contribution in [0, 0.1) is 6.92 Å². The normalized spacial score (nSPS) is 10.1. The number of unbranched alkanes of at least 4 members (excludes halogenated alkanes) is 1. The van der Waals surface area contributed by atoms with Crippen LogP contribution in [-0.2, 0) is 11.2 Å². The van der Waals surface area contributed by atoms with Crippen LogP contribution in [0.15, 0.2) is 24.3 Å². The monoisotopic (exact) mass is 283 g/mol. The zero-order chi connectivity index (χ0) is 11.8. The summed E-state index contributed by atoms with van der Waals surface area (Å²) in [5.74, 6) is 0.115. The minimum absolute atomic E-state index is 0.115. The molecule has 88 valence electrons. The van der Waals surface area contributed by atoms with Crippen LogP contribution in [0.25, 0.3) is 0 Å². The van der Waals surface area contributed by atoms with Crippen molar-refractivity contribution in [2.45, 2.75) is 26.2 Å². The molecule has 0 fully saturated rings. The lowest BCUT2D eigenvalue weighted by Crippen LogP contribution is -2.26. The van der Waals surface area contributed by atoms with Crippen LogP contribution in [0.4, 0.5) is 0 Å². The number of carbonyl (C=O) groups excluding carboxylic acids is 1. The molecule has 1 amide bonds. The summed E-state index contributed by atoms with van der Waals surface area (Å²) >= 11 is 3.37. The van der Waals surface area contributed by atoms with Crippen LogP contribution in [0.2, 0.25) is 0 Å². The van der Waals surface area contributed by atoms with Crippen molar-refractivity contribution in [1.82, 2.24) is 5.32 Å². The van der Waals surface area contributed by atoms with Gasteiger partial charge >= 0.3 is 0 Å². The van der Waals surface area contributed by atoms with Crippen molar-refractivity contribution in [2.24, 2.45) is 0 Å². The molecule has 0 radical (unpaired) electrons. The molecule has 16 heavy (non-hydrogen) atoms. The Bertz CT molecular complexity index is 338. The fourth-order valence-electron chi connectivity index (χ4n) is 1.49. The molecule has 2 nitrogen and oxygen atoms in total. The molecule has 0 bridgehead atoms. The molecule has 0 heterocycles. The summed E-state index contributed by atoms with van der Waals surface area (Å²) < 4.78 is 0. The molecule has 0 aliphatic heterocycles. The number of nitrogens with one attached hydrogen (secondary N) is 1. The standard InChI is InChI=1S/C13H18BrNO/c1-11-6-2-3-7-12(11)10-13(16)15-9-5-4-8-14/h2-3,6-7H,4-5,8-10H2,1H3,(H,15,16). The maximum Gasteiger partial charge on any atom is 0.224 e. The number of aryl methyl sites for hydroxylation is 1. The molecule has 1 aromatic carbocycles. The van der Waals surface area contributed by atoms with Gasteiger partial charge in [-0.2, -0.15) is 0 Å². The average Bonchev–Trinajstić information content (AvgIpc) is 2.28. The molecule has 3 heteroatoms. The number of halogens is 1. The lowest BCUT2D eigenvalue weighted by Gasteiger charge is -2.06. The SMILES string of the molecule is Cc1ccccc1CC(=O)NCCCCBr. The lowest BCUT2D eigenvalue weighted by atomic mass is 10.1. The highest BCUT2D eigenvalue weighted by molar-refractivity contribution is 9.09. The summed E-state index contributed by atoms with van der Waals surface area (Å²) in [4.78, 5) is 11.6. The second-order valence-corrected chi connectivity index (χ2v) is 4.64. The number of alkyl halides is 1. The number of rotatable bonds is 6. The van der Waals surface area contributed by atoms with Gasteiger partial charge in [-0.1, -0.05) is 40.2 Å². The largest absolute Gasteiger partial charge is 0.356 e. The molecule has 1 N–H and O–H groups in total. The van der Waals surface area contributed by atoms with E-state index in [1.807, 2.05) is 31.2 Å². The van der Waals surface area contributed by atoms with Crippen LogP contribution < -0.4 is 5.32 Å². The van der Waals surface area contributed by atoms with E-state index in [0.29, 0.717) is 6.42 Å². The lowest BCUT2D eigenvalue weighted by molar-refractivity contribution is -0.120. The van der Waals surface area contributed by atoms with Crippen molar-refractivity contribution in [3.8, 4) is 0 Å². The molecule has 1 rings (SSSR count). The summed E-state index contributed by atoms with van der Waals surface area (Å²) in [5.41, 5.74) is 2.29. The second-order valence-electron chi connectivity index (χ2n) is 3.85. The average molecular weight is 284 g/mol. The van der Waals surface area contributed by atoms with Gasteiger partial charge in [-0.3, -0.25) is 4.79 Å². The third kappa shape index (κ3) is 4.79. The van der Waals surface area contributed by atoms with Crippen LogP contribution in [0.5, 0.6) is 0 Å². The molecule has 1 aromatic rings. The van der Waals surface area contributed by atoms with E-state index in [9.17, 15) is 4.79 Å². The van der Waals surface area contributed by atoms with E-state index >= 15 is 0 Å². The zero-order valence-corrected chi connectivity index (χ0v) is 11.2. The third-order valence-corrected chi connectivity index (χ3v) is 3.06. The second kappa shape index (κ2) is 7.44. The van der Waals surface area contributed by atoms with E-state index in [0.717, 1.165) is 30.3 Å². The highest BCUT2D eigenvalue weighted by Crippen LogP contribution is 2.07. The van der Waals surface area contributed by atoms with Crippen molar-refractivity contribution in [3.05, 3.63) is 35.4 Å². The smallest absolute Gasteiger partial charge is 0.224 e. The Morgan fingerprint density at radius 2 is 2.06 bits per heavy atom. The minimum atomic E-state index is 0.115. The topological polar surface area (TPSA) is 29.1 Å². The van der Waals surface area contributed by atoms with Gasteiger partial charge in [-0.05, 0) is 30.9 Å². The van der Waals surface area contributed by atoms with Gasteiger partial charge in [0.1, 0.15) is 0 Å². The molecule has 0 unspecified atom stereocenters. The Hall–Kier alpha value is -0.830. The highest BCUT2D eigenvalue weighted by atomic mass is 79.9. The Labute approximate surface area is 106 Å². The van der Waals surface area contributed by atoms with E-state index < -0.39 is 0 Å². The van der Waals surface area contributed by atoms with E-state index in [-0.39, 0.29) is 5.91 Å². The van der Waals surface area contributed by atoms with E-state index in [1.165, 1.54) is 5.56 Å². The first kappa shape index (κ1) is 13.2. The molecule has 0 atom stereocenters. The molecule has 0 aliphatic rings. The van der Waals surface area contributed by atoms with Gasteiger partial charge in [0, 0.05) is 11.9 Å². The minimum Gasteiger partial charge on any atom is -0.356 e. The molecule has 0 aliphatic carbocycles. The first-order chi connectivity index (χ1) is 7.74. The highest BCUT2D eigenvalue weighted by Gasteiger charge is 2.04. The van der Waals surface area contributed by atoms with Gasteiger partial charge in [0.05, 0.1) is 6.42 Å². The molecular weight excluding hydrogens is 266 g/mol. The van der Waals surface area contributed by atoms with Crippen molar-refractivity contribution in [1.29, 1.82) is 0 Å². The number of carbonyl (C=O) groups is 1. The van der Waals surface area contributed by atoms with Gasteiger partial charge < -0.3 is 5.32 Å². The van der Waals surface area contributed by atoms with Gasteiger partial charge in [0.25, 0.3) is 0 Å². The summed E-state index contributed by atoms with van der Waals surface area (Å²) in [6.07, 6.45) is 2.62. The van der Waals surface area contributed by atoms with Crippen LogP contribution in [0.3, 0.4) is 0 Å². The summed E-state index contributed by atoms with van der Waals surface area (Å²) in [6, 6.07) is 8.01. The fraction of sp³-hybridized carbons (Fsp3) is 0.462. The number of benzene rings is 1. The number of hydrogen-bond acceptors (Lipinski definition) is 1. The predicted molar refractivity (Wildman–Crippen MR) is 70.9 cm³/mol. The van der Waals surface area contributed by atoms with Crippen molar-refractivity contribution < 1.29 is 4.79 Å². The summed E-state index contributed by atoms with van der Waals surface area (Å²) in [6.45, 7) is 2.81.